The fourth-order valence-electron chi connectivity index (χ4n) is 2.50. The Kier molecular flexibility index (Phi) is 4.50. The molecule has 3 nitrogen and oxygen atoms in total. The summed E-state index contributed by atoms with van der Waals surface area (Å²) in [5.74, 6) is 2.79. The number of benzene rings is 1. The lowest BCUT2D eigenvalue weighted by Gasteiger charge is -2.21. The molecule has 0 amide bonds. The molecular weight excluding hydrogens is 250 g/mol. The molecule has 2 aromatic rings. The molecule has 1 unspecified atom stereocenters. The van der Waals surface area contributed by atoms with Crippen molar-refractivity contribution in [3.8, 4) is 5.75 Å². The summed E-state index contributed by atoms with van der Waals surface area (Å²) in [6.45, 7) is 8.05. The van der Waals surface area contributed by atoms with Crippen molar-refractivity contribution >= 4 is 0 Å². The Labute approximate surface area is 121 Å². The van der Waals surface area contributed by atoms with Gasteiger partial charge in [-0.2, -0.15) is 0 Å². The number of furan rings is 1. The second-order valence-electron chi connectivity index (χ2n) is 5.29. The van der Waals surface area contributed by atoms with Crippen LogP contribution >= 0.6 is 0 Å². The lowest BCUT2D eigenvalue weighted by Crippen LogP contribution is -2.19. The van der Waals surface area contributed by atoms with Crippen molar-refractivity contribution in [3.63, 3.8) is 0 Å². The summed E-state index contributed by atoms with van der Waals surface area (Å²) in [4.78, 5) is 0. The van der Waals surface area contributed by atoms with Crippen molar-refractivity contribution in [1.82, 2.24) is 5.32 Å². The molecule has 1 atom stereocenters. The van der Waals surface area contributed by atoms with Crippen LogP contribution in [0.3, 0.4) is 0 Å². The van der Waals surface area contributed by atoms with Crippen LogP contribution in [-0.2, 0) is 0 Å². The van der Waals surface area contributed by atoms with Gasteiger partial charge in [-0.05, 0) is 46.9 Å². The van der Waals surface area contributed by atoms with Gasteiger partial charge in [0.15, 0.2) is 0 Å². The normalized spacial score (nSPS) is 12.7. The fraction of sp³-hybridized carbons (Fsp3) is 0.412. The third-order valence-corrected chi connectivity index (χ3v) is 3.27. The van der Waals surface area contributed by atoms with Gasteiger partial charge in [0.05, 0.1) is 12.1 Å². The number of hydrogen-bond acceptors (Lipinski definition) is 3. The highest BCUT2D eigenvalue weighted by molar-refractivity contribution is 5.42. The lowest BCUT2D eigenvalue weighted by atomic mass is 9.98. The zero-order chi connectivity index (χ0) is 14.7. The maximum atomic E-state index is 5.93. The van der Waals surface area contributed by atoms with E-state index in [0.717, 1.165) is 28.4 Å². The van der Waals surface area contributed by atoms with E-state index in [2.05, 4.69) is 17.4 Å². The van der Waals surface area contributed by atoms with E-state index in [0.29, 0.717) is 0 Å². The highest BCUT2D eigenvalue weighted by Gasteiger charge is 2.21. The molecular formula is C17H23NO2. The summed E-state index contributed by atoms with van der Waals surface area (Å²) >= 11 is 0. The van der Waals surface area contributed by atoms with Crippen LogP contribution in [0.5, 0.6) is 5.75 Å². The Morgan fingerprint density at radius 3 is 2.35 bits per heavy atom. The second kappa shape index (κ2) is 6.14. The van der Waals surface area contributed by atoms with Gasteiger partial charge in [0.1, 0.15) is 17.3 Å². The van der Waals surface area contributed by atoms with E-state index < -0.39 is 0 Å². The Balaban J connectivity index is 2.44. The Morgan fingerprint density at radius 1 is 1.10 bits per heavy atom. The quantitative estimate of drug-likeness (QED) is 0.894. The van der Waals surface area contributed by atoms with Gasteiger partial charge in [-0.15, -0.1) is 0 Å². The highest BCUT2D eigenvalue weighted by Crippen LogP contribution is 2.33. The molecule has 20 heavy (non-hydrogen) atoms. The van der Waals surface area contributed by atoms with Gasteiger partial charge in [0, 0.05) is 11.1 Å². The molecule has 0 saturated carbocycles. The molecule has 0 aliphatic heterocycles. The van der Waals surface area contributed by atoms with Crippen molar-refractivity contribution in [3.05, 3.63) is 53.0 Å². The first-order valence-electron chi connectivity index (χ1n) is 7.02. The minimum absolute atomic E-state index is 0.0717. The van der Waals surface area contributed by atoms with Crippen LogP contribution < -0.4 is 10.1 Å². The fourth-order valence-corrected chi connectivity index (χ4v) is 2.50. The monoisotopic (exact) mass is 273 g/mol. The third-order valence-electron chi connectivity index (χ3n) is 3.27. The minimum atomic E-state index is 0.0717. The highest BCUT2D eigenvalue weighted by atomic mass is 16.5. The first-order chi connectivity index (χ1) is 9.52. The average Bonchev–Trinajstić information content (AvgIpc) is 2.71. The number of aryl methyl sites for hydroxylation is 2. The standard InChI is InChI=1S/C17H23NO2/c1-11(2)19-16-9-7-6-8-14(16)17(18-5)15-10-12(3)20-13(15)4/h6-11,17-18H,1-5H3. The smallest absolute Gasteiger partial charge is 0.124 e. The van der Waals surface area contributed by atoms with E-state index in [1.54, 1.807) is 0 Å². The summed E-state index contributed by atoms with van der Waals surface area (Å²) in [6.07, 6.45) is 0.154. The SMILES string of the molecule is CNC(c1ccccc1OC(C)C)c1cc(C)oc1C. The van der Waals surface area contributed by atoms with E-state index in [-0.39, 0.29) is 12.1 Å². The molecule has 0 bridgehead atoms. The Bertz CT molecular complexity index is 572. The van der Waals surface area contributed by atoms with Gasteiger partial charge in [-0.1, -0.05) is 18.2 Å². The zero-order valence-corrected chi connectivity index (χ0v) is 12.9. The van der Waals surface area contributed by atoms with E-state index in [1.807, 2.05) is 52.9 Å². The lowest BCUT2D eigenvalue weighted by molar-refractivity contribution is 0.238. The van der Waals surface area contributed by atoms with Crippen LogP contribution in [0.4, 0.5) is 0 Å². The van der Waals surface area contributed by atoms with Crippen molar-refractivity contribution in [2.45, 2.75) is 39.8 Å². The molecule has 2 rings (SSSR count). The first-order valence-corrected chi connectivity index (χ1v) is 7.02. The molecule has 1 aromatic heterocycles. The summed E-state index contributed by atoms with van der Waals surface area (Å²) < 4.78 is 11.6. The predicted molar refractivity (Wildman–Crippen MR) is 81.3 cm³/mol. The van der Waals surface area contributed by atoms with E-state index in [1.165, 1.54) is 0 Å². The largest absolute Gasteiger partial charge is 0.491 e. The molecule has 0 radical (unpaired) electrons. The number of hydrogen-bond donors (Lipinski definition) is 1. The van der Waals surface area contributed by atoms with Crippen molar-refractivity contribution in [1.29, 1.82) is 0 Å². The molecule has 108 valence electrons. The maximum Gasteiger partial charge on any atom is 0.124 e. The molecule has 1 N–H and O–H groups in total. The second-order valence-corrected chi connectivity index (χ2v) is 5.29. The van der Waals surface area contributed by atoms with E-state index >= 15 is 0 Å². The average molecular weight is 273 g/mol. The molecule has 0 saturated heterocycles. The third kappa shape index (κ3) is 3.05. The molecule has 0 spiro atoms. The van der Waals surface area contributed by atoms with Gasteiger partial charge >= 0.3 is 0 Å². The van der Waals surface area contributed by atoms with Crippen molar-refractivity contribution in [2.75, 3.05) is 7.05 Å². The number of para-hydroxylation sites is 1. The predicted octanol–water partition coefficient (Wildman–Crippen LogP) is 3.99. The summed E-state index contributed by atoms with van der Waals surface area (Å²) in [7, 11) is 1.96. The molecule has 0 aliphatic rings. The minimum Gasteiger partial charge on any atom is -0.491 e. The van der Waals surface area contributed by atoms with Crippen LogP contribution in [-0.4, -0.2) is 13.2 Å². The number of ether oxygens (including phenoxy) is 1. The Hall–Kier alpha value is -1.74. The van der Waals surface area contributed by atoms with Gasteiger partial charge in [0.25, 0.3) is 0 Å². The van der Waals surface area contributed by atoms with E-state index in [9.17, 15) is 0 Å². The molecule has 1 heterocycles. The van der Waals surface area contributed by atoms with Gasteiger partial charge < -0.3 is 14.5 Å². The van der Waals surface area contributed by atoms with Crippen LogP contribution in [0.25, 0.3) is 0 Å². The summed E-state index contributed by atoms with van der Waals surface area (Å²) in [6, 6.07) is 10.3. The van der Waals surface area contributed by atoms with Crippen LogP contribution in [0.1, 0.15) is 42.5 Å². The van der Waals surface area contributed by atoms with Gasteiger partial charge in [-0.3, -0.25) is 0 Å². The van der Waals surface area contributed by atoms with E-state index in [4.69, 9.17) is 9.15 Å². The first kappa shape index (κ1) is 14.7. The zero-order valence-electron chi connectivity index (χ0n) is 12.9. The molecule has 1 aromatic carbocycles. The van der Waals surface area contributed by atoms with Crippen molar-refractivity contribution in [2.24, 2.45) is 0 Å². The summed E-state index contributed by atoms with van der Waals surface area (Å²) in [5.41, 5.74) is 2.29. The molecule has 3 heteroatoms. The molecule has 0 aliphatic carbocycles. The van der Waals surface area contributed by atoms with Crippen LogP contribution in [0.15, 0.2) is 34.7 Å². The Morgan fingerprint density at radius 2 is 1.80 bits per heavy atom. The van der Waals surface area contributed by atoms with Crippen LogP contribution in [0.2, 0.25) is 0 Å². The maximum absolute atomic E-state index is 5.93. The molecule has 0 fully saturated rings. The number of nitrogens with one attached hydrogen (secondary N) is 1. The van der Waals surface area contributed by atoms with Crippen LogP contribution in [0, 0.1) is 13.8 Å². The van der Waals surface area contributed by atoms with Crippen molar-refractivity contribution < 1.29 is 9.15 Å². The van der Waals surface area contributed by atoms with Gasteiger partial charge in [0.2, 0.25) is 0 Å². The van der Waals surface area contributed by atoms with Gasteiger partial charge in [-0.25, -0.2) is 0 Å². The summed E-state index contributed by atoms with van der Waals surface area (Å²) in [5, 5.41) is 3.36. The number of rotatable bonds is 5. The topological polar surface area (TPSA) is 34.4 Å².